The predicted molar refractivity (Wildman–Crippen MR) is 68.9 cm³/mol. The molecule has 1 atom stereocenters. The lowest BCUT2D eigenvalue weighted by Crippen LogP contribution is -2.54. The highest BCUT2D eigenvalue weighted by molar-refractivity contribution is 6.30. The summed E-state index contributed by atoms with van der Waals surface area (Å²) in [6, 6.07) is 5.09. The van der Waals surface area contributed by atoms with Crippen LogP contribution in [0.25, 0.3) is 0 Å². The quantitative estimate of drug-likeness (QED) is 0.841. The number of carbonyl (C=O) groups excluding carboxylic acids is 1. The molecule has 0 saturated carbocycles. The summed E-state index contributed by atoms with van der Waals surface area (Å²) in [5.74, 6) is 0.722. The molecular formula is C13H16ClNO2. The second-order valence-corrected chi connectivity index (χ2v) is 4.71. The highest BCUT2D eigenvalue weighted by Crippen LogP contribution is 2.40. The molecule has 0 saturated heterocycles. The topological polar surface area (TPSA) is 38.3 Å². The van der Waals surface area contributed by atoms with E-state index >= 15 is 0 Å². The number of ether oxygens (including phenoxy) is 1. The van der Waals surface area contributed by atoms with Gasteiger partial charge in [-0.3, -0.25) is 0 Å². The van der Waals surface area contributed by atoms with E-state index in [1.165, 1.54) is 0 Å². The maximum Gasteiger partial charge on any atom is 0.146 e. The van der Waals surface area contributed by atoms with Gasteiger partial charge in [0.2, 0.25) is 0 Å². The number of hydrogen-bond donors (Lipinski definition) is 1. The van der Waals surface area contributed by atoms with Gasteiger partial charge >= 0.3 is 0 Å². The Bertz CT molecular complexity index is 429. The normalized spacial score (nSPS) is 21.0. The van der Waals surface area contributed by atoms with Crippen LogP contribution in [0.3, 0.4) is 0 Å². The Morgan fingerprint density at radius 3 is 2.76 bits per heavy atom. The minimum absolute atomic E-state index is 0.314. The molecule has 0 spiro atoms. The van der Waals surface area contributed by atoms with Crippen LogP contribution in [0.15, 0.2) is 18.2 Å². The van der Waals surface area contributed by atoms with Crippen molar-refractivity contribution < 1.29 is 9.53 Å². The Labute approximate surface area is 106 Å². The van der Waals surface area contributed by atoms with Crippen molar-refractivity contribution in [1.82, 2.24) is 0 Å². The van der Waals surface area contributed by atoms with Crippen LogP contribution in [0.1, 0.15) is 26.7 Å². The minimum Gasteiger partial charge on any atom is -0.482 e. The van der Waals surface area contributed by atoms with E-state index in [0.29, 0.717) is 5.02 Å². The Balaban J connectivity index is 2.43. The van der Waals surface area contributed by atoms with Gasteiger partial charge in [0.25, 0.3) is 0 Å². The molecule has 2 rings (SSSR count). The van der Waals surface area contributed by atoms with Crippen LogP contribution in [0, 0.1) is 0 Å². The molecule has 1 unspecified atom stereocenters. The summed E-state index contributed by atoms with van der Waals surface area (Å²) in [4.78, 5) is 11.2. The molecule has 1 aromatic carbocycles. The molecule has 4 heteroatoms. The Hall–Kier alpha value is -1.22. The minimum atomic E-state index is -0.473. The third kappa shape index (κ3) is 2.00. The van der Waals surface area contributed by atoms with Crippen molar-refractivity contribution in [2.24, 2.45) is 0 Å². The van der Waals surface area contributed by atoms with Crippen LogP contribution in [0.5, 0.6) is 5.75 Å². The molecule has 1 heterocycles. The van der Waals surface area contributed by atoms with E-state index in [-0.39, 0.29) is 6.04 Å². The van der Waals surface area contributed by atoms with Gasteiger partial charge in [-0.05, 0) is 25.0 Å². The van der Waals surface area contributed by atoms with Crippen LogP contribution in [0.2, 0.25) is 5.02 Å². The summed E-state index contributed by atoms with van der Waals surface area (Å²) in [7, 11) is 0. The fourth-order valence-corrected chi connectivity index (χ4v) is 2.44. The second-order valence-electron chi connectivity index (χ2n) is 4.27. The number of anilines is 1. The zero-order chi connectivity index (χ0) is 12.5. The van der Waals surface area contributed by atoms with Crippen LogP contribution in [-0.2, 0) is 4.79 Å². The number of halogens is 1. The van der Waals surface area contributed by atoms with Crippen molar-refractivity contribution in [2.45, 2.75) is 38.3 Å². The van der Waals surface area contributed by atoms with Gasteiger partial charge < -0.3 is 14.8 Å². The van der Waals surface area contributed by atoms with E-state index in [1.54, 1.807) is 12.1 Å². The first-order valence-corrected chi connectivity index (χ1v) is 6.23. The number of rotatable bonds is 3. The van der Waals surface area contributed by atoms with Gasteiger partial charge in [0.05, 0.1) is 5.69 Å². The third-order valence-corrected chi connectivity index (χ3v) is 3.70. The Morgan fingerprint density at radius 1 is 1.47 bits per heavy atom. The zero-order valence-electron chi connectivity index (χ0n) is 10.00. The highest BCUT2D eigenvalue weighted by atomic mass is 35.5. The first kappa shape index (κ1) is 12.2. The van der Waals surface area contributed by atoms with E-state index in [9.17, 15) is 4.79 Å². The predicted octanol–water partition coefficient (Wildman–Crippen LogP) is 3.27. The zero-order valence-corrected chi connectivity index (χ0v) is 10.8. The van der Waals surface area contributed by atoms with E-state index in [4.69, 9.17) is 16.3 Å². The standard InChI is InChI=1S/C13H16ClNO2/c1-3-13(4-2)12(8-16)15-10-6-5-9(14)7-11(10)17-13/h5-8,12,15H,3-4H2,1-2H3. The van der Waals surface area contributed by atoms with Crippen molar-refractivity contribution in [3.63, 3.8) is 0 Å². The van der Waals surface area contributed by atoms with Crippen LogP contribution in [-0.4, -0.2) is 17.9 Å². The van der Waals surface area contributed by atoms with Gasteiger partial charge in [-0.2, -0.15) is 0 Å². The monoisotopic (exact) mass is 253 g/mol. The maximum atomic E-state index is 11.2. The summed E-state index contributed by atoms with van der Waals surface area (Å²) in [5, 5.41) is 3.85. The molecule has 92 valence electrons. The molecule has 0 aromatic heterocycles. The molecule has 0 radical (unpaired) electrons. The highest BCUT2D eigenvalue weighted by Gasteiger charge is 2.42. The fourth-order valence-electron chi connectivity index (χ4n) is 2.27. The largest absolute Gasteiger partial charge is 0.482 e. The van der Waals surface area contributed by atoms with E-state index in [2.05, 4.69) is 5.32 Å². The fraction of sp³-hybridized carbons (Fsp3) is 0.462. The Morgan fingerprint density at radius 2 is 2.18 bits per heavy atom. The molecule has 0 amide bonds. The van der Waals surface area contributed by atoms with Gasteiger partial charge in [0.15, 0.2) is 0 Å². The molecule has 0 bridgehead atoms. The molecule has 1 aliphatic heterocycles. The van der Waals surface area contributed by atoms with E-state index in [1.807, 2.05) is 19.9 Å². The molecule has 1 aliphatic rings. The average molecular weight is 254 g/mol. The smallest absolute Gasteiger partial charge is 0.146 e. The van der Waals surface area contributed by atoms with Gasteiger partial charge in [0.1, 0.15) is 23.7 Å². The number of fused-ring (bicyclic) bond motifs is 1. The Kier molecular flexibility index (Phi) is 3.29. The average Bonchev–Trinajstić information content (AvgIpc) is 2.36. The van der Waals surface area contributed by atoms with Gasteiger partial charge in [-0.1, -0.05) is 25.4 Å². The van der Waals surface area contributed by atoms with Crippen molar-refractivity contribution >= 4 is 23.6 Å². The van der Waals surface area contributed by atoms with Gasteiger partial charge in [-0.15, -0.1) is 0 Å². The molecule has 0 fully saturated rings. The first-order chi connectivity index (χ1) is 8.15. The summed E-state index contributed by atoms with van der Waals surface area (Å²) in [6.07, 6.45) is 2.46. The van der Waals surface area contributed by atoms with Gasteiger partial charge in [0, 0.05) is 11.1 Å². The summed E-state index contributed by atoms with van der Waals surface area (Å²) in [5.41, 5.74) is 0.350. The van der Waals surface area contributed by atoms with Crippen molar-refractivity contribution in [1.29, 1.82) is 0 Å². The van der Waals surface area contributed by atoms with Crippen molar-refractivity contribution in [3.05, 3.63) is 23.2 Å². The molecule has 1 N–H and O–H groups in total. The first-order valence-electron chi connectivity index (χ1n) is 5.85. The van der Waals surface area contributed by atoms with Crippen LogP contribution >= 0.6 is 11.6 Å². The molecule has 0 aliphatic carbocycles. The number of hydrogen-bond acceptors (Lipinski definition) is 3. The molecule has 17 heavy (non-hydrogen) atoms. The molecular weight excluding hydrogens is 238 g/mol. The van der Waals surface area contributed by atoms with E-state index < -0.39 is 5.60 Å². The second kappa shape index (κ2) is 4.57. The van der Waals surface area contributed by atoms with Gasteiger partial charge in [-0.25, -0.2) is 0 Å². The van der Waals surface area contributed by atoms with Crippen molar-refractivity contribution in [3.8, 4) is 5.75 Å². The van der Waals surface area contributed by atoms with Crippen LogP contribution < -0.4 is 10.1 Å². The number of aldehydes is 1. The molecule has 3 nitrogen and oxygen atoms in total. The molecule has 1 aromatic rings. The summed E-state index contributed by atoms with van der Waals surface area (Å²) >= 11 is 5.95. The lowest BCUT2D eigenvalue weighted by atomic mass is 9.87. The SMILES string of the molecule is CCC1(CC)Oc2cc(Cl)ccc2NC1C=O. The maximum absolute atomic E-state index is 11.2. The number of nitrogens with one attached hydrogen (secondary N) is 1. The lowest BCUT2D eigenvalue weighted by Gasteiger charge is -2.42. The summed E-state index contributed by atoms with van der Waals surface area (Å²) in [6.45, 7) is 4.05. The third-order valence-electron chi connectivity index (χ3n) is 3.47. The number of carbonyl (C=O) groups is 1. The van der Waals surface area contributed by atoms with Crippen molar-refractivity contribution in [2.75, 3.05) is 5.32 Å². The lowest BCUT2D eigenvalue weighted by molar-refractivity contribution is -0.113. The number of benzene rings is 1. The summed E-state index contributed by atoms with van der Waals surface area (Å²) < 4.78 is 6.02. The van der Waals surface area contributed by atoms with E-state index in [0.717, 1.165) is 30.6 Å². The van der Waals surface area contributed by atoms with Crippen LogP contribution in [0.4, 0.5) is 5.69 Å².